The van der Waals surface area contributed by atoms with Gasteiger partial charge < -0.3 is 10.2 Å². The van der Waals surface area contributed by atoms with Crippen molar-refractivity contribution < 1.29 is 26.4 Å². The standard InChI is InChI=1S/C28H44N4O6S2/c1-20-9-7-8-10-22(20)32-15-14-31(18-25(32)33)40(37,38)19-28-13-11-21(27(28,2)3)17-24(28)29-26(34)23(30(4)5)12-16-39(6,35)36/h7-10,21,23-24H,11-19H2,1-6H3,(H,29,34)/t21-,23+,24-,28+/m0/s1. The molecule has 0 aromatic heterocycles. The highest BCUT2D eigenvalue weighted by Crippen LogP contribution is 2.66. The van der Waals surface area contributed by atoms with Gasteiger partial charge in [-0.2, -0.15) is 4.31 Å². The number of fused-ring (bicyclic) bond motifs is 2. The number of anilines is 1. The molecule has 10 nitrogen and oxygen atoms in total. The van der Waals surface area contributed by atoms with Gasteiger partial charge in [0, 0.05) is 36.5 Å². The van der Waals surface area contributed by atoms with E-state index in [0.717, 1.165) is 23.9 Å². The van der Waals surface area contributed by atoms with Crippen molar-refractivity contribution in [2.24, 2.45) is 16.7 Å². The van der Waals surface area contributed by atoms with Crippen LogP contribution in [0.4, 0.5) is 5.69 Å². The van der Waals surface area contributed by atoms with Crippen LogP contribution in [0.25, 0.3) is 0 Å². The highest BCUT2D eigenvalue weighted by molar-refractivity contribution is 7.90. The summed E-state index contributed by atoms with van der Waals surface area (Å²) in [5, 5.41) is 3.16. The molecule has 224 valence electrons. The van der Waals surface area contributed by atoms with E-state index in [1.165, 1.54) is 4.31 Å². The number of carbonyl (C=O) groups excluding carboxylic acids is 2. The van der Waals surface area contributed by atoms with Crippen LogP contribution >= 0.6 is 0 Å². The average Bonchev–Trinajstić information content (AvgIpc) is 3.18. The largest absolute Gasteiger partial charge is 0.351 e. The topological polar surface area (TPSA) is 124 Å². The summed E-state index contributed by atoms with van der Waals surface area (Å²) in [5.74, 6) is -0.505. The number of piperazine rings is 1. The third-order valence-electron chi connectivity index (χ3n) is 9.86. The summed E-state index contributed by atoms with van der Waals surface area (Å²) in [5.41, 5.74) is 0.747. The van der Waals surface area contributed by atoms with E-state index >= 15 is 0 Å². The molecule has 4 atom stereocenters. The molecule has 40 heavy (non-hydrogen) atoms. The maximum atomic E-state index is 13.9. The molecule has 2 bridgehead atoms. The van der Waals surface area contributed by atoms with E-state index in [-0.39, 0.29) is 66.7 Å². The van der Waals surface area contributed by atoms with E-state index in [1.807, 2.05) is 31.2 Å². The SMILES string of the molecule is Cc1ccccc1N1CCN(S(=O)(=O)C[C@]23CC[C@@H](C[C@@H]2NC(=O)[C@@H](CCS(C)(=O)=O)N(C)C)C3(C)C)CC1=O. The average molecular weight is 597 g/mol. The number of benzene rings is 1. The summed E-state index contributed by atoms with van der Waals surface area (Å²) in [7, 11) is -3.58. The summed E-state index contributed by atoms with van der Waals surface area (Å²) >= 11 is 0. The maximum Gasteiger partial charge on any atom is 0.242 e. The summed E-state index contributed by atoms with van der Waals surface area (Å²) in [4.78, 5) is 29.9. The zero-order valence-corrected chi connectivity index (χ0v) is 26.1. The van der Waals surface area contributed by atoms with Gasteiger partial charge in [0.15, 0.2) is 0 Å². The van der Waals surface area contributed by atoms with Crippen molar-refractivity contribution in [2.75, 3.05) is 56.4 Å². The van der Waals surface area contributed by atoms with Crippen molar-refractivity contribution in [3.05, 3.63) is 29.8 Å². The van der Waals surface area contributed by atoms with E-state index in [1.54, 1.807) is 23.9 Å². The first kappa shape index (κ1) is 30.9. The molecule has 1 aromatic carbocycles. The summed E-state index contributed by atoms with van der Waals surface area (Å²) in [6, 6.07) is 6.59. The first-order valence-corrected chi connectivity index (χ1v) is 17.6. The lowest BCUT2D eigenvalue weighted by Crippen LogP contribution is -2.58. The number of sulfonamides is 1. The smallest absolute Gasteiger partial charge is 0.242 e. The fourth-order valence-electron chi connectivity index (χ4n) is 7.27. The molecule has 0 spiro atoms. The second kappa shape index (κ2) is 11.0. The Labute approximate surface area is 239 Å². The Morgan fingerprint density at radius 2 is 1.82 bits per heavy atom. The van der Waals surface area contributed by atoms with Crippen molar-refractivity contribution >= 4 is 37.4 Å². The van der Waals surface area contributed by atoms with E-state index in [9.17, 15) is 26.4 Å². The fourth-order valence-corrected chi connectivity index (χ4v) is 10.1. The second-order valence-corrected chi connectivity index (χ2v) is 17.0. The number of hydrogen-bond donors (Lipinski definition) is 1. The van der Waals surface area contributed by atoms with Crippen molar-refractivity contribution in [2.45, 2.75) is 58.5 Å². The molecule has 4 rings (SSSR count). The third kappa shape index (κ3) is 5.82. The number of nitrogens with zero attached hydrogens (tertiary/aromatic N) is 3. The Balaban J connectivity index is 1.52. The monoisotopic (exact) mass is 596 g/mol. The van der Waals surface area contributed by atoms with Crippen LogP contribution in [0, 0.1) is 23.7 Å². The van der Waals surface area contributed by atoms with Gasteiger partial charge in [0.2, 0.25) is 21.8 Å². The number of aryl methyl sites for hydroxylation is 1. The predicted octanol–water partition coefficient (Wildman–Crippen LogP) is 1.65. The quantitative estimate of drug-likeness (QED) is 0.436. The van der Waals surface area contributed by atoms with Crippen molar-refractivity contribution in [3.63, 3.8) is 0 Å². The molecular weight excluding hydrogens is 552 g/mol. The molecule has 3 aliphatic rings. The van der Waals surface area contributed by atoms with Crippen LogP contribution in [-0.4, -0.2) is 101 Å². The van der Waals surface area contributed by atoms with E-state index in [0.29, 0.717) is 12.8 Å². The van der Waals surface area contributed by atoms with Crippen LogP contribution in [0.15, 0.2) is 24.3 Å². The molecule has 1 aliphatic heterocycles. The Kier molecular flexibility index (Phi) is 8.50. The minimum absolute atomic E-state index is 0.107. The summed E-state index contributed by atoms with van der Waals surface area (Å²) in [6.45, 7) is 6.42. The number of sulfone groups is 1. The second-order valence-electron chi connectivity index (χ2n) is 12.7. The molecule has 0 radical (unpaired) electrons. The van der Waals surface area contributed by atoms with Gasteiger partial charge in [0.1, 0.15) is 9.84 Å². The molecule has 0 unspecified atom stereocenters. The van der Waals surface area contributed by atoms with Crippen molar-refractivity contribution in [3.8, 4) is 0 Å². The molecule has 12 heteroatoms. The van der Waals surface area contributed by atoms with E-state index in [2.05, 4.69) is 19.2 Å². The number of para-hydroxylation sites is 1. The molecule has 2 saturated carbocycles. The first-order valence-electron chi connectivity index (χ1n) is 14.0. The Hall–Kier alpha value is -2.02. The van der Waals surface area contributed by atoms with Crippen LogP contribution < -0.4 is 10.2 Å². The molecule has 3 fully saturated rings. The minimum atomic E-state index is -3.82. The Morgan fingerprint density at radius 1 is 1.15 bits per heavy atom. The highest BCUT2D eigenvalue weighted by atomic mass is 32.2. The molecule has 1 heterocycles. The van der Waals surface area contributed by atoms with Gasteiger partial charge in [-0.1, -0.05) is 32.0 Å². The fraction of sp³-hybridized carbons (Fsp3) is 0.714. The number of carbonyl (C=O) groups is 2. The van der Waals surface area contributed by atoms with Crippen LogP contribution in [0.1, 0.15) is 45.1 Å². The molecule has 2 amide bonds. The molecule has 1 aromatic rings. The Morgan fingerprint density at radius 3 is 2.40 bits per heavy atom. The number of hydrogen-bond acceptors (Lipinski definition) is 7. The molecule has 1 saturated heterocycles. The zero-order chi connectivity index (χ0) is 29.7. The van der Waals surface area contributed by atoms with Gasteiger partial charge in [-0.15, -0.1) is 0 Å². The van der Waals surface area contributed by atoms with Crippen LogP contribution in [0.5, 0.6) is 0 Å². The maximum absolute atomic E-state index is 13.9. The molecule has 1 N–H and O–H groups in total. The van der Waals surface area contributed by atoms with Gasteiger partial charge in [0.25, 0.3) is 0 Å². The third-order valence-corrected chi connectivity index (χ3v) is 12.8. The molecule has 2 aliphatic carbocycles. The number of nitrogens with one attached hydrogen (secondary N) is 1. The van der Waals surface area contributed by atoms with Gasteiger partial charge in [-0.25, -0.2) is 16.8 Å². The lowest BCUT2D eigenvalue weighted by Gasteiger charge is -2.44. The van der Waals surface area contributed by atoms with Gasteiger partial charge in [-0.3, -0.25) is 14.5 Å². The Bertz CT molecular complexity index is 1360. The minimum Gasteiger partial charge on any atom is -0.351 e. The normalized spacial score (nSPS) is 27.8. The number of amides is 2. The lowest BCUT2D eigenvalue weighted by molar-refractivity contribution is -0.127. The zero-order valence-electron chi connectivity index (χ0n) is 24.5. The van der Waals surface area contributed by atoms with Gasteiger partial charge in [-0.05, 0) is 69.7 Å². The molecular formula is C28H44N4O6S2. The number of rotatable bonds is 10. The lowest BCUT2D eigenvalue weighted by atomic mass is 9.69. The van der Waals surface area contributed by atoms with Crippen molar-refractivity contribution in [1.82, 2.24) is 14.5 Å². The predicted molar refractivity (Wildman–Crippen MR) is 156 cm³/mol. The van der Waals surface area contributed by atoms with Crippen molar-refractivity contribution in [1.29, 1.82) is 0 Å². The van der Waals surface area contributed by atoms with Crippen LogP contribution in [0.2, 0.25) is 0 Å². The summed E-state index contributed by atoms with van der Waals surface area (Å²) in [6.07, 6.45) is 3.56. The summed E-state index contributed by atoms with van der Waals surface area (Å²) < 4.78 is 52.7. The van der Waals surface area contributed by atoms with Gasteiger partial charge in [0.05, 0.1) is 24.1 Å². The highest BCUT2D eigenvalue weighted by Gasteiger charge is 2.66. The van der Waals surface area contributed by atoms with Crippen LogP contribution in [0.3, 0.4) is 0 Å². The van der Waals surface area contributed by atoms with E-state index < -0.39 is 31.3 Å². The van der Waals surface area contributed by atoms with Crippen LogP contribution in [-0.2, 0) is 29.4 Å². The van der Waals surface area contributed by atoms with Gasteiger partial charge >= 0.3 is 0 Å². The number of likely N-dealkylation sites (N-methyl/N-ethyl adjacent to an activating group) is 1. The first-order chi connectivity index (χ1) is 18.5. The van der Waals surface area contributed by atoms with E-state index in [4.69, 9.17) is 0 Å².